The van der Waals surface area contributed by atoms with Crippen molar-refractivity contribution in [3.8, 4) is 5.75 Å². The van der Waals surface area contributed by atoms with Gasteiger partial charge in [0.05, 0.1) is 7.11 Å². The zero-order valence-electron chi connectivity index (χ0n) is 18.3. The molecule has 1 saturated heterocycles. The number of likely N-dealkylation sites (tertiary alicyclic amines) is 1. The van der Waals surface area contributed by atoms with Crippen LogP contribution in [0.25, 0.3) is 0 Å². The Hall–Kier alpha value is -0.670. The van der Waals surface area contributed by atoms with Gasteiger partial charge in [0, 0.05) is 26.2 Å². The Balaban J connectivity index is 0.00000420. The number of methoxy groups -OCH3 is 1. The quantitative estimate of drug-likeness (QED) is 0.193. The third-order valence-corrected chi connectivity index (χ3v) is 5.89. The van der Waals surface area contributed by atoms with Gasteiger partial charge in [-0.3, -0.25) is 9.89 Å². The number of unbranched alkanes of at least 4 members (excludes halogenated alkanes) is 1. The smallest absolute Gasteiger partial charge is 0.191 e. The normalized spacial score (nSPS) is 15.6. The average molecular weight is 535 g/mol. The van der Waals surface area contributed by atoms with Crippen LogP contribution in [0.5, 0.6) is 5.75 Å². The molecule has 0 unspecified atom stereocenters. The van der Waals surface area contributed by atoms with Crippen LogP contribution in [0.3, 0.4) is 0 Å². The molecule has 1 aliphatic heterocycles. The fraction of sp³-hybridized carbons (Fsp3) is 0.682. The Morgan fingerprint density at radius 2 is 1.90 bits per heavy atom. The lowest BCUT2D eigenvalue weighted by Crippen LogP contribution is -2.39. The number of thioether (sulfide) groups is 1. The van der Waals surface area contributed by atoms with Gasteiger partial charge < -0.3 is 15.4 Å². The van der Waals surface area contributed by atoms with Gasteiger partial charge in [0.15, 0.2) is 5.96 Å². The molecular weight excluding hydrogens is 495 g/mol. The van der Waals surface area contributed by atoms with Crippen molar-refractivity contribution in [1.29, 1.82) is 0 Å². The summed E-state index contributed by atoms with van der Waals surface area (Å²) in [5, 5.41) is 6.86. The molecule has 0 aromatic heterocycles. The van der Waals surface area contributed by atoms with Crippen molar-refractivity contribution in [3.63, 3.8) is 0 Å². The Labute approximate surface area is 198 Å². The first-order chi connectivity index (χ1) is 13.7. The van der Waals surface area contributed by atoms with Crippen LogP contribution in [0.15, 0.2) is 29.3 Å². The molecule has 0 amide bonds. The summed E-state index contributed by atoms with van der Waals surface area (Å²) in [7, 11) is 1.71. The number of nitrogens with one attached hydrogen (secondary N) is 2. The molecule has 5 nitrogen and oxygen atoms in total. The van der Waals surface area contributed by atoms with Crippen LogP contribution in [0.2, 0.25) is 0 Å². The molecular formula is C22H39IN4OS. The monoisotopic (exact) mass is 534 g/mol. The third kappa shape index (κ3) is 10.8. The highest BCUT2D eigenvalue weighted by molar-refractivity contribution is 14.0. The summed E-state index contributed by atoms with van der Waals surface area (Å²) in [6.45, 7) is 8.32. The first-order valence-electron chi connectivity index (χ1n) is 10.6. The number of hydrogen-bond acceptors (Lipinski definition) is 4. The molecule has 1 fully saturated rings. The van der Waals surface area contributed by atoms with E-state index in [1.54, 1.807) is 7.11 Å². The van der Waals surface area contributed by atoms with E-state index in [9.17, 15) is 0 Å². The molecule has 166 valence electrons. The number of hydrogen-bond donors (Lipinski definition) is 2. The maximum atomic E-state index is 5.24. The Morgan fingerprint density at radius 1 is 1.17 bits per heavy atom. The van der Waals surface area contributed by atoms with E-state index in [-0.39, 0.29) is 24.0 Å². The topological polar surface area (TPSA) is 48.9 Å². The molecule has 0 aliphatic carbocycles. The summed E-state index contributed by atoms with van der Waals surface area (Å²) >= 11 is 1.92. The van der Waals surface area contributed by atoms with Gasteiger partial charge in [-0.05, 0) is 81.3 Å². The summed E-state index contributed by atoms with van der Waals surface area (Å²) in [6.07, 6.45) is 7.09. The van der Waals surface area contributed by atoms with E-state index in [0.717, 1.165) is 51.0 Å². The van der Waals surface area contributed by atoms with Crippen molar-refractivity contribution in [1.82, 2.24) is 15.5 Å². The standard InChI is InChI=1S/C22H38N4OS.HI/c1-4-23-22(24-13-5-6-16-28-3)25-17-19-11-14-26(15-12-19)18-20-7-9-21(27-2)10-8-20;/h7-10,19H,4-6,11-18H2,1-3H3,(H2,23,24,25);1H. The Morgan fingerprint density at radius 3 is 2.52 bits per heavy atom. The minimum atomic E-state index is 0. The van der Waals surface area contributed by atoms with Crippen LogP contribution in [-0.4, -0.2) is 62.7 Å². The zero-order valence-corrected chi connectivity index (χ0v) is 21.4. The molecule has 0 saturated carbocycles. The van der Waals surface area contributed by atoms with E-state index in [1.807, 2.05) is 23.9 Å². The molecule has 2 N–H and O–H groups in total. The zero-order chi connectivity index (χ0) is 20.0. The Kier molecular flexibility index (Phi) is 14.6. The molecule has 7 heteroatoms. The van der Waals surface area contributed by atoms with Crippen LogP contribution in [0.4, 0.5) is 0 Å². The minimum absolute atomic E-state index is 0. The predicted octanol–water partition coefficient (Wildman–Crippen LogP) is 4.22. The van der Waals surface area contributed by atoms with E-state index in [4.69, 9.17) is 9.73 Å². The van der Waals surface area contributed by atoms with E-state index >= 15 is 0 Å². The summed E-state index contributed by atoms with van der Waals surface area (Å²) in [6, 6.07) is 8.44. The molecule has 0 radical (unpaired) electrons. The number of halogens is 1. The van der Waals surface area contributed by atoms with Crippen molar-refractivity contribution in [2.24, 2.45) is 10.9 Å². The number of guanidine groups is 1. The van der Waals surface area contributed by atoms with Gasteiger partial charge in [-0.15, -0.1) is 24.0 Å². The number of rotatable bonds is 11. The van der Waals surface area contributed by atoms with Gasteiger partial charge in [0.25, 0.3) is 0 Å². The van der Waals surface area contributed by atoms with Crippen molar-refractivity contribution < 1.29 is 4.74 Å². The first kappa shape index (κ1) is 26.4. The minimum Gasteiger partial charge on any atom is -0.497 e. The van der Waals surface area contributed by atoms with Crippen LogP contribution < -0.4 is 15.4 Å². The van der Waals surface area contributed by atoms with Gasteiger partial charge in [0.1, 0.15) is 5.75 Å². The molecule has 2 rings (SSSR count). The van der Waals surface area contributed by atoms with Crippen molar-refractivity contribution in [2.45, 2.75) is 39.2 Å². The number of piperidine rings is 1. The second kappa shape index (κ2) is 16.1. The molecule has 1 aliphatic rings. The molecule has 0 atom stereocenters. The molecule has 1 heterocycles. The van der Waals surface area contributed by atoms with Gasteiger partial charge in [-0.2, -0.15) is 11.8 Å². The van der Waals surface area contributed by atoms with Crippen molar-refractivity contribution >= 4 is 41.7 Å². The first-order valence-corrected chi connectivity index (χ1v) is 12.0. The van der Waals surface area contributed by atoms with Crippen LogP contribution in [0, 0.1) is 5.92 Å². The van der Waals surface area contributed by atoms with E-state index in [0.29, 0.717) is 5.92 Å². The third-order valence-electron chi connectivity index (χ3n) is 5.19. The summed E-state index contributed by atoms with van der Waals surface area (Å²) in [4.78, 5) is 7.39. The lowest BCUT2D eigenvalue weighted by atomic mass is 9.96. The van der Waals surface area contributed by atoms with Crippen LogP contribution in [-0.2, 0) is 6.54 Å². The van der Waals surface area contributed by atoms with Gasteiger partial charge in [-0.25, -0.2) is 0 Å². The number of aliphatic imine (C=N–C) groups is 1. The van der Waals surface area contributed by atoms with Crippen LogP contribution >= 0.6 is 35.7 Å². The van der Waals surface area contributed by atoms with E-state index in [1.165, 1.54) is 37.0 Å². The Bertz CT molecular complexity index is 562. The summed E-state index contributed by atoms with van der Waals surface area (Å²) in [5.41, 5.74) is 1.36. The number of nitrogens with zero attached hydrogens (tertiary/aromatic N) is 2. The largest absolute Gasteiger partial charge is 0.497 e. The highest BCUT2D eigenvalue weighted by Gasteiger charge is 2.19. The van der Waals surface area contributed by atoms with Crippen molar-refractivity contribution in [2.75, 3.05) is 51.8 Å². The molecule has 1 aromatic carbocycles. The summed E-state index contributed by atoms with van der Waals surface area (Å²) < 4.78 is 5.24. The highest BCUT2D eigenvalue weighted by Crippen LogP contribution is 2.20. The van der Waals surface area contributed by atoms with E-state index < -0.39 is 0 Å². The van der Waals surface area contributed by atoms with Crippen molar-refractivity contribution in [3.05, 3.63) is 29.8 Å². The average Bonchev–Trinajstić information content (AvgIpc) is 2.73. The second-order valence-electron chi connectivity index (χ2n) is 7.41. The van der Waals surface area contributed by atoms with Gasteiger partial charge in [-0.1, -0.05) is 12.1 Å². The maximum absolute atomic E-state index is 5.24. The molecule has 29 heavy (non-hydrogen) atoms. The fourth-order valence-corrected chi connectivity index (χ4v) is 3.95. The predicted molar refractivity (Wildman–Crippen MR) is 138 cm³/mol. The van der Waals surface area contributed by atoms with Crippen LogP contribution in [0.1, 0.15) is 38.2 Å². The molecule has 1 aromatic rings. The maximum Gasteiger partial charge on any atom is 0.191 e. The van der Waals surface area contributed by atoms with Gasteiger partial charge in [0.2, 0.25) is 0 Å². The highest BCUT2D eigenvalue weighted by atomic mass is 127. The summed E-state index contributed by atoms with van der Waals surface area (Å²) in [5.74, 6) is 3.84. The number of ether oxygens (including phenoxy) is 1. The molecule has 0 bridgehead atoms. The second-order valence-corrected chi connectivity index (χ2v) is 8.40. The fourth-order valence-electron chi connectivity index (χ4n) is 3.46. The van der Waals surface area contributed by atoms with Gasteiger partial charge >= 0.3 is 0 Å². The SMILES string of the molecule is CCNC(=NCC1CCN(Cc2ccc(OC)cc2)CC1)NCCCCSC.I. The number of benzene rings is 1. The van der Waals surface area contributed by atoms with E-state index in [2.05, 4.69) is 40.8 Å². The lowest BCUT2D eigenvalue weighted by Gasteiger charge is -2.31. The lowest BCUT2D eigenvalue weighted by molar-refractivity contribution is 0.180. The molecule has 0 spiro atoms.